The van der Waals surface area contributed by atoms with Crippen LogP contribution in [0.3, 0.4) is 0 Å². The van der Waals surface area contributed by atoms with Gasteiger partial charge in [0.1, 0.15) is 24.1 Å². The highest BCUT2D eigenvalue weighted by Crippen LogP contribution is 2.34. The molecule has 0 bridgehead atoms. The number of nitrogens with two attached hydrogens (primary N) is 1. The molecular formula is C16H17N5O3S. The molecule has 2 aromatic heterocycles. The number of aliphatic hydroxyl groups excluding tert-OH is 2. The molecule has 1 aliphatic rings. The van der Waals surface area contributed by atoms with E-state index in [2.05, 4.69) is 15.0 Å². The number of nitrogen functional groups attached to an aromatic ring is 1. The first-order valence-electron chi connectivity index (χ1n) is 7.77. The molecule has 3 aromatic rings. The van der Waals surface area contributed by atoms with E-state index in [1.165, 1.54) is 12.7 Å². The molecule has 0 aliphatic carbocycles. The molecule has 130 valence electrons. The molecule has 1 aliphatic heterocycles. The molecule has 25 heavy (non-hydrogen) atoms. The second kappa shape index (κ2) is 6.60. The lowest BCUT2D eigenvalue weighted by atomic mass is 10.1. The predicted molar refractivity (Wildman–Crippen MR) is 92.8 cm³/mol. The van der Waals surface area contributed by atoms with Crippen LogP contribution in [0.4, 0.5) is 5.82 Å². The zero-order chi connectivity index (χ0) is 17.4. The maximum atomic E-state index is 10.4. The van der Waals surface area contributed by atoms with Crippen molar-refractivity contribution in [1.29, 1.82) is 0 Å². The number of aromatic nitrogens is 4. The molecule has 0 radical (unpaired) electrons. The van der Waals surface area contributed by atoms with Crippen LogP contribution in [-0.2, 0) is 4.74 Å². The molecule has 0 saturated carbocycles. The maximum absolute atomic E-state index is 10.4. The fourth-order valence-electron chi connectivity index (χ4n) is 2.85. The summed E-state index contributed by atoms with van der Waals surface area (Å²) in [7, 11) is 0. The Kier molecular flexibility index (Phi) is 4.30. The van der Waals surface area contributed by atoms with Crippen molar-refractivity contribution in [2.24, 2.45) is 0 Å². The van der Waals surface area contributed by atoms with Crippen molar-refractivity contribution in [2.75, 3.05) is 11.5 Å². The Hall–Kier alpha value is -2.20. The van der Waals surface area contributed by atoms with Crippen molar-refractivity contribution in [3.05, 3.63) is 43.0 Å². The summed E-state index contributed by atoms with van der Waals surface area (Å²) in [5.74, 6) is 0.774. The summed E-state index contributed by atoms with van der Waals surface area (Å²) < 4.78 is 7.48. The Morgan fingerprint density at radius 3 is 2.72 bits per heavy atom. The number of hydrogen-bond donors (Lipinski definition) is 3. The first-order chi connectivity index (χ1) is 12.1. The molecule has 1 aromatic carbocycles. The van der Waals surface area contributed by atoms with E-state index in [-0.39, 0.29) is 5.82 Å². The number of nitrogens with zero attached hydrogens (tertiary/aromatic N) is 4. The zero-order valence-electron chi connectivity index (χ0n) is 13.1. The van der Waals surface area contributed by atoms with Crippen molar-refractivity contribution >= 4 is 28.7 Å². The third-order valence-electron chi connectivity index (χ3n) is 4.16. The number of ether oxygens (including phenoxy) is 1. The van der Waals surface area contributed by atoms with Crippen LogP contribution in [0.25, 0.3) is 11.2 Å². The molecule has 4 rings (SSSR count). The van der Waals surface area contributed by atoms with Crippen LogP contribution in [-0.4, -0.2) is 53.8 Å². The third kappa shape index (κ3) is 2.95. The normalized spacial score (nSPS) is 26.3. The highest BCUT2D eigenvalue weighted by Gasteiger charge is 2.44. The van der Waals surface area contributed by atoms with Crippen molar-refractivity contribution in [3.8, 4) is 0 Å². The minimum absolute atomic E-state index is 0.257. The van der Waals surface area contributed by atoms with Crippen LogP contribution in [0.1, 0.15) is 6.23 Å². The molecule has 1 unspecified atom stereocenters. The summed E-state index contributed by atoms with van der Waals surface area (Å²) in [6, 6.07) is 9.83. The van der Waals surface area contributed by atoms with Gasteiger partial charge in [-0.3, -0.25) is 4.57 Å². The maximum Gasteiger partial charge on any atom is 0.167 e. The smallest absolute Gasteiger partial charge is 0.167 e. The van der Waals surface area contributed by atoms with E-state index in [0.29, 0.717) is 16.9 Å². The summed E-state index contributed by atoms with van der Waals surface area (Å²) in [4.78, 5) is 13.3. The lowest BCUT2D eigenvalue weighted by molar-refractivity contribution is -0.0289. The average molecular weight is 359 g/mol. The van der Waals surface area contributed by atoms with E-state index in [9.17, 15) is 10.2 Å². The topological polar surface area (TPSA) is 119 Å². The largest absolute Gasteiger partial charge is 0.387 e. The van der Waals surface area contributed by atoms with Gasteiger partial charge in [-0.2, -0.15) is 0 Å². The summed E-state index contributed by atoms with van der Waals surface area (Å²) in [5, 5.41) is 20.8. The Morgan fingerprint density at radius 1 is 1.12 bits per heavy atom. The first-order valence-corrected chi connectivity index (χ1v) is 8.76. The van der Waals surface area contributed by atoms with E-state index in [1.54, 1.807) is 16.3 Å². The SMILES string of the molecule is Nc1ncnc2c1ncn2C1O[C@H](CSc2ccccc2)[C@@H](O)[C@H]1O. The van der Waals surface area contributed by atoms with Crippen LogP contribution < -0.4 is 5.73 Å². The summed E-state index contributed by atoms with van der Waals surface area (Å²) in [5.41, 5.74) is 6.68. The lowest BCUT2D eigenvalue weighted by Crippen LogP contribution is -2.32. The van der Waals surface area contributed by atoms with Gasteiger partial charge in [0.25, 0.3) is 0 Å². The van der Waals surface area contributed by atoms with Crippen LogP contribution in [0.2, 0.25) is 0 Å². The average Bonchev–Trinajstić information content (AvgIpc) is 3.18. The Balaban J connectivity index is 1.54. The molecule has 0 amide bonds. The van der Waals surface area contributed by atoms with Crippen molar-refractivity contribution in [2.45, 2.75) is 29.4 Å². The molecule has 4 atom stereocenters. The standard InChI is InChI=1S/C16H17N5O3S/c17-14-11-15(19-7-18-14)21(8-20-11)16-13(23)12(22)10(24-16)6-25-9-4-2-1-3-5-9/h1-5,7-8,10,12-13,16,22-23H,6H2,(H2,17,18,19)/t10-,12-,13-,16?/m1/s1. The fourth-order valence-corrected chi connectivity index (χ4v) is 3.83. The van der Waals surface area contributed by atoms with E-state index >= 15 is 0 Å². The van der Waals surface area contributed by atoms with Gasteiger partial charge < -0.3 is 20.7 Å². The first kappa shape index (κ1) is 16.3. The molecule has 1 fully saturated rings. The highest BCUT2D eigenvalue weighted by molar-refractivity contribution is 7.99. The van der Waals surface area contributed by atoms with Crippen LogP contribution in [0.5, 0.6) is 0 Å². The van der Waals surface area contributed by atoms with E-state index in [0.717, 1.165) is 4.90 Å². The minimum atomic E-state index is -1.09. The van der Waals surface area contributed by atoms with Gasteiger partial charge in [-0.1, -0.05) is 18.2 Å². The summed E-state index contributed by atoms with van der Waals surface area (Å²) in [6.07, 6.45) is -0.565. The van der Waals surface area contributed by atoms with Crippen LogP contribution >= 0.6 is 11.8 Å². The molecule has 1 saturated heterocycles. The molecule has 0 spiro atoms. The van der Waals surface area contributed by atoms with Gasteiger partial charge in [0.15, 0.2) is 17.7 Å². The number of fused-ring (bicyclic) bond motifs is 1. The number of anilines is 1. The second-order valence-electron chi connectivity index (χ2n) is 5.75. The van der Waals surface area contributed by atoms with Gasteiger partial charge >= 0.3 is 0 Å². The minimum Gasteiger partial charge on any atom is -0.387 e. The van der Waals surface area contributed by atoms with Gasteiger partial charge in [0, 0.05) is 10.6 Å². The number of rotatable bonds is 4. The monoisotopic (exact) mass is 359 g/mol. The van der Waals surface area contributed by atoms with Crippen LogP contribution in [0.15, 0.2) is 47.9 Å². The number of thioether (sulfide) groups is 1. The predicted octanol–water partition coefficient (Wildman–Crippen LogP) is 0.820. The van der Waals surface area contributed by atoms with Gasteiger partial charge in [0.2, 0.25) is 0 Å². The van der Waals surface area contributed by atoms with E-state index < -0.39 is 24.5 Å². The number of hydrogen-bond acceptors (Lipinski definition) is 8. The van der Waals surface area contributed by atoms with E-state index in [4.69, 9.17) is 10.5 Å². The molecule has 4 N–H and O–H groups in total. The Bertz CT molecular complexity index is 875. The van der Waals surface area contributed by atoms with Crippen molar-refractivity contribution < 1.29 is 14.9 Å². The molecule has 9 heteroatoms. The lowest BCUT2D eigenvalue weighted by Gasteiger charge is -2.16. The van der Waals surface area contributed by atoms with Gasteiger partial charge in [-0.15, -0.1) is 11.8 Å². The second-order valence-corrected chi connectivity index (χ2v) is 6.85. The number of benzene rings is 1. The molecule has 3 heterocycles. The van der Waals surface area contributed by atoms with Gasteiger partial charge in [0.05, 0.1) is 12.4 Å². The quantitative estimate of drug-likeness (QED) is 0.586. The van der Waals surface area contributed by atoms with E-state index in [1.807, 2.05) is 30.3 Å². The zero-order valence-corrected chi connectivity index (χ0v) is 14.0. The fraction of sp³-hybridized carbons (Fsp3) is 0.312. The van der Waals surface area contributed by atoms with Gasteiger partial charge in [-0.05, 0) is 12.1 Å². The van der Waals surface area contributed by atoms with Crippen molar-refractivity contribution in [3.63, 3.8) is 0 Å². The number of aliphatic hydroxyl groups is 2. The molecule has 8 nitrogen and oxygen atoms in total. The van der Waals surface area contributed by atoms with Crippen LogP contribution in [0, 0.1) is 0 Å². The van der Waals surface area contributed by atoms with Crippen molar-refractivity contribution in [1.82, 2.24) is 19.5 Å². The summed E-state index contributed by atoms with van der Waals surface area (Å²) in [6.45, 7) is 0. The number of imidazole rings is 1. The summed E-state index contributed by atoms with van der Waals surface area (Å²) >= 11 is 1.56. The Labute approximate surface area is 147 Å². The van der Waals surface area contributed by atoms with Gasteiger partial charge in [-0.25, -0.2) is 15.0 Å². The highest BCUT2D eigenvalue weighted by atomic mass is 32.2. The molecular weight excluding hydrogens is 342 g/mol. The third-order valence-corrected chi connectivity index (χ3v) is 5.26. The Morgan fingerprint density at radius 2 is 1.92 bits per heavy atom.